The minimum absolute atomic E-state index is 0.669. The molecule has 2 heterocycles. The van der Waals surface area contributed by atoms with E-state index in [0.29, 0.717) is 0 Å². The summed E-state index contributed by atoms with van der Waals surface area (Å²) in [5, 5.41) is 94.9. The van der Waals surface area contributed by atoms with Gasteiger partial charge in [0.05, 0.1) is 24.4 Å². The van der Waals surface area contributed by atoms with E-state index in [0.717, 1.165) is 0 Å². The highest BCUT2D eigenvalue weighted by Gasteiger charge is 2.58. The molecule has 0 aromatic carbocycles. The van der Waals surface area contributed by atoms with E-state index in [1.165, 1.54) is 0 Å². The molecule has 13 nitrogen and oxygen atoms in total. The summed E-state index contributed by atoms with van der Waals surface area (Å²) in [5.41, 5.74) is -2.01. The van der Waals surface area contributed by atoms with E-state index in [1.807, 2.05) is 0 Å². The van der Waals surface area contributed by atoms with Crippen molar-refractivity contribution in [1.82, 2.24) is 0 Å². The van der Waals surface area contributed by atoms with Crippen molar-refractivity contribution in [3.8, 4) is 0 Å². The van der Waals surface area contributed by atoms with Crippen LogP contribution in [0.2, 0.25) is 0 Å². The zero-order valence-electron chi connectivity index (χ0n) is 17.9. The van der Waals surface area contributed by atoms with E-state index in [4.69, 9.17) is 34.6 Å². The van der Waals surface area contributed by atoms with Gasteiger partial charge in [0, 0.05) is 0 Å². The monoisotopic (exact) mass is 460 g/mol. The summed E-state index contributed by atoms with van der Waals surface area (Å²) in [6, 6.07) is 0. The smallest absolute Gasteiger partial charge is 0.224 e. The lowest BCUT2D eigenvalue weighted by Gasteiger charge is -2.43. The maximum Gasteiger partial charge on any atom is 0.224 e. The van der Waals surface area contributed by atoms with Crippen LogP contribution >= 0.6 is 0 Å². The third-order valence-electron chi connectivity index (χ3n) is 5.57. The molecule has 0 saturated carbocycles. The van der Waals surface area contributed by atoms with Crippen LogP contribution in [0.25, 0.3) is 0 Å². The van der Waals surface area contributed by atoms with Crippen molar-refractivity contribution in [2.45, 2.75) is 93.7 Å². The Kier molecular flexibility index (Phi) is 9.76. The van der Waals surface area contributed by atoms with Gasteiger partial charge in [-0.15, -0.1) is 0 Å². The molecular weight excluding hydrogens is 424 g/mol. The molecule has 10 N–H and O–H groups in total. The molecule has 2 saturated heterocycles. The highest BCUT2D eigenvalue weighted by atomic mass is 16.8. The fourth-order valence-electron chi connectivity index (χ4n) is 2.63. The molecule has 0 aromatic rings. The fraction of sp³-hybridized carbons (Fsp3) is 1.00. The van der Waals surface area contributed by atoms with E-state index in [2.05, 4.69) is 0 Å². The van der Waals surface area contributed by atoms with Gasteiger partial charge in [0.1, 0.15) is 49.3 Å². The van der Waals surface area contributed by atoms with Crippen LogP contribution in [-0.4, -0.2) is 137 Å². The van der Waals surface area contributed by atoms with Crippen molar-refractivity contribution >= 4 is 0 Å². The Morgan fingerprint density at radius 2 is 1.23 bits per heavy atom. The van der Waals surface area contributed by atoms with E-state index in [9.17, 15) is 30.6 Å². The predicted octanol–water partition coefficient (Wildman–Crippen LogP) is -4.87. The molecule has 2 aliphatic heterocycles. The molecule has 0 radical (unpaired) electrons. The summed E-state index contributed by atoms with van der Waals surface area (Å²) in [4.78, 5) is 0. The Labute approximate surface area is 179 Å². The molecule has 186 valence electrons. The van der Waals surface area contributed by atoms with Gasteiger partial charge in [-0.3, -0.25) is 0 Å². The van der Waals surface area contributed by atoms with Crippen LogP contribution in [0.5, 0.6) is 0 Å². The highest BCUT2D eigenvalue weighted by molar-refractivity contribution is 4.98. The van der Waals surface area contributed by atoms with Crippen LogP contribution in [0.4, 0.5) is 0 Å². The lowest BCUT2D eigenvalue weighted by atomic mass is 9.90. The average Bonchev–Trinajstić information content (AvgIpc) is 2.92. The van der Waals surface area contributed by atoms with Crippen molar-refractivity contribution in [1.29, 1.82) is 0 Å². The Morgan fingerprint density at radius 1 is 0.742 bits per heavy atom. The van der Waals surface area contributed by atoms with Gasteiger partial charge < -0.3 is 65.3 Å². The van der Waals surface area contributed by atoms with E-state index >= 15 is 0 Å². The lowest BCUT2D eigenvalue weighted by molar-refractivity contribution is -0.383. The zero-order valence-corrected chi connectivity index (χ0v) is 17.9. The molecule has 31 heavy (non-hydrogen) atoms. The summed E-state index contributed by atoms with van der Waals surface area (Å²) in [6.45, 7) is 3.98. The van der Waals surface area contributed by atoms with E-state index in [-0.39, 0.29) is 0 Å². The Balaban J connectivity index is 0.000000512. The first-order chi connectivity index (χ1) is 14.1. The Morgan fingerprint density at radius 3 is 1.58 bits per heavy atom. The molecule has 0 aliphatic carbocycles. The predicted molar refractivity (Wildman–Crippen MR) is 101 cm³/mol. The van der Waals surface area contributed by atoms with Gasteiger partial charge in [-0.2, -0.15) is 0 Å². The summed E-state index contributed by atoms with van der Waals surface area (Å²) >= 11 is 0. The van der Waals surface area contributed by atoms with Crippen LogP contribution in [0.3, 0.4) is 0 Å². The summed E-state index contributed by atoms with van der Waals surface area (Å²) in [5.74, 6) is -2.22. The standard InChI is InChI=1S/C12H22O11.C6H14O2/c13-1-4-6(16)8(18)9(19)11(21-4)23-12(3-15)10(20)7(17)5(2-14)22-12;1-5(2,7)6(3,4)8/h4-11,13-20H,1-3H2;7-8H,1-4H3/t4-,5-,6-,7-,8+,9-,10+,11-,12+;/m1./s1. The molecule has 0 amide bonds. The average molecular weight is 460 g/mol. The third-order valence-corrected chi connectivity index (χ3v) is 5.57. The van der Waals surface area contributed by atoms with Gasteiger partial charge in [-0.25, -0.2) is 0 Å². The van der Waals surface area contributed by atoms with Crippen molar-refractivity contribution < 1.29 is 65.3 Å². The molecule has 0 spiro atoms. The number of hydrogen-bond donors (Lipinski definition) is 10. The van der Waals surface area contributed by atoms with Crippen molar-refractivity contribution in [3.05, 3.63) is 0 Å². The highest BCUT2D eigenvalue weighted by Crippen LogP contribution is 2.35. The SMILES string of the molecule is CC(C)(O)C(C)(C)O.OC[C@H]1O[C@@](CO)(O[C@H]2O[C@H](CO)[C@@H](O)[C@H](O)[C@H]2O)[C@@H](O)[C@@H]1O. The Hall–Kier alpha value is -0.520. The number of aliphatic hydroxyl groups is 10. The molecule has 0 bridgehead atoms. The number of hydrogen-bond acceptors (Lipinski definition) is 13. The normalized spacial score (nSPS) is 41.6. The Bertz CT molecular complexity index is 534. The summed E-state index contributed by atoms with van der Waals surface area (Å²) < 4.78 is 15.4. The quantitative estimate of drug-likeness (QED) is 0.179. The summed E-state index contributed by atoms with van der Waals surface area (Å²) in [7, 11) is 0. The second-order valence-corrected chi connectivity index (χ2v) is 8.68. The van der Waals surface area contributed by atoms with E-state index < -0.39 is 85.8 Å². The second-order valence-electron chi connectivity index (χ2n) is 8.68. The molecule has 2 aliphatic rings. The van der Waals surface area contributed by atoms with Gasteiger partial charge in [-0.05, 0) is 27.7 Å². The molecule has 13 heteroatoms. The van der Waals surface area contributed by atoms with Gasteiger partial charge >= 0.3 is 0 Å². The summed E-state index contributed by atoms with van der Waals surface area (Å²) in [6.07, 6.45) is -12.7. The van der Waals surface area contributed by atoms with Gasteiger partial charge in [-0.1, -0.05) is 0 Å². The maximum atomic E-state index is 10.00. The largest absolute Gasteiger partial charge is 0.394 e. The van der Waals surface area contributed by atoms with Gasteiger partial charge in [0.25, 0.3) is 0 Å². The molecule has 2 fully saturated rings. The first kappa shape index (κ1) is 28.5. The van der Waals surface area contributed by atoms with Crippen molar-refractivity contribution in [2.24, 2.45) is 0 Å². The van der Waals surface area contributed by atoms with Crippen LogP contribution in [0, 0.1) is 0 Å². The van der Waals surface area contributed by atoms with E-state index in [1.54, 1.807) is 27.7 Å². The second kappa shape index (κ2) is 10.6. The molecule has 0 unspecified atom stereocenters. The van der Waals surface area contributed by atoms with Crippen molar-refractivity contribution in [3.63, 3.8) is 0 Å². The third kappa shape index (κ3) is 6.29. The minimum atomic E-state index is -2.22. The molecule has 9 atom stereocenters. The maximum absolute atomic E-state index is 10.00. The molecule has 0 aromatic heterocycles. The first-order valence-electron chi connectivity index (χ1n) is 9.75. The van der Waals surface area contributed by atoms with Crippen molar-refractivity contribution in [2.75, 3.05) is 19.8 Å². The lowest BCUT2D eigenvalue weighted by Crippen LogP contribution is -2.62. The number of rotatable bonds is 6. The van der Waals surface area contributed by atoms with Gasteiger partial charge in [0.2, 0.25) is 5.79 Å². The minimum Gasteiger partial charge on any atom is -0.394 e. The molecule has 2 rings (SSSR count). The van der Waals surface area contributed by atoms with Gasteiger partial charge in [0.15, 0.2) is 6.29 Å². The zero-order chi connectivity index (χ0) is 24.4. The number of aliphatic hydroxyl groups excluding tert-OH is 8. The van der Waals surface area contributed by atoms with Crippen LogP contribution in [0.1, 0.15) is 27.7 Å². The van der Waals surface area contributed by atoms with Crippen LogP contribution in [0.15, 0.2) is 0 Å². The van der Waals surface area contributed by atoms with Crippen LogP contribution in [-0.2, 0) is 14.2 Å². The van der Waals surface area contributed by atoms with Crippen LogP contribution < -0.4 is 0 Å². The first-order valence-corrected chi connectivity index (χ1v) is 9.75. The topological polar surface area (TPSA) is 230 Å². The number of ether oxygens (including phenoxy) is 3. The fourth-order valence-corrected chi connectivity index (χ4v) is 2.63. The molecular formula is C18H36O13.